The van der Waals surface area contributed by atoms with Gasteiger partial charge in [-0.3, -0.25) is 4.79 Å². The number of hydrogen-bond acceptors (Lipinski definition) is 2. The molecule has 0 aromatic carbocycles. The van der Waals surface area contributed by atoms with Crippen molar-refractivity contribution >= 4 is 5.91 Å². The second-order valence-corrected chi connectivity index (χ2v) is 5.10. The maximum absolute atomic E-state index is 11.4. The van der Waals surface area contributed by atoms with Gasteiger partial charge in [0.1, 0.15) is 0 Å². The number of amides is 1. The Balaban J connectivity index is 2.19. The molecule has 0 heterocycles. The lowest BCUT2D eigenvalue weighted by atomic mass is 9.99. The zero-order chi connectivity index (χ0) is 11.4. The van der Waals surface area contributed by atoms with Gasteiger partial charge in [0.2, 0.25) is 5.91 Å². The first-order valence-corrected chi connectivity index (χ1v) is 5.96. The van der Waals surface area contributed by atoms with Gasteiger partial charge < -0.3 is 10.2 Å². The van der Waals surface area contributed by atoms with Crippen molar-refractivity contribution in [2.45, 2.75) is 39.2 Å². The van der Waals surface area contributed by atoms with E-state index in [1.165, 1.54) is 12.8 Å². The van der Waals surface area contributed by atoms with Crippen molar-refractivity contribution in [3.05, 3.63) is 0 Å². The lowest BCUT2D eigenvalue weighted by Gasteiger charge is -2.22. The minimum Gasteiger partial charge on any atom is -0.349 e. The largest absolute Gasteiger partial charge is 0.349 e. The third-order valence-electron chi connectivity index (χ3n) is 3.07. The van der Waals surface area contributed by atoms with Crippen LogP contribution in [0.1, 0.15) is 33.1 Å². The average Bonchev–Trinajstić information content (AvgIpc) is 2.94. The summed E-state index contributed by atoms with van der Waals surface area (Å²) in [6, 6.07) is 0.611. The topological polar surface area (TPSA) is 32.3 Å². The third kappa shape index (κ3) is 4.20. The van der Waals surface area contributed by atoms with Crippen molar-refractivity contribution in [1.82, 2.24) is 10.2 Å². The SMILES string of the molecule is CC(C)C(NCCC(=O)N(C)C)C1CC1. The van der Waals surface area contributed by atoms with Gasteiger partial charge in [0, 0.05) is 33.1 Å². The molecule has 1 saturated carbocycles. The van der Waals surface area contributed by atoms with Crippen LogP contribution in [-0.2, 0) is 4.79 Å². The van der Waals surface area contributed by atoms with Crippen LogP contribution in [0, 0.1) is 11.8 Å². The van der Waals surface area contributed by atoms with Gasteiger partial charge in [-0.15, -0.1) is 0 Å². The molecule has 1 rings (SSSR count). The minimum atomic E-state index is 0.209. The predicted molar refractivity (Wildman–Crippen MR) is 62.7 cm³/mol. The molecule has 88 valence electrons. The molecule has 3 heteroatoms. The van der Waals surface area contributed by atoms with Crippen LogP contribution >= 0.6 is 0 Å². The molecule has 0 aliphatic heterocycles. The molecule has 0 radical (unpaired) electrons. The Labute approximate surface area is 93.2 Å². The van der Waals surface area contributed by atoms with E-state index in [1.807, 2.05) is 14.1 Å². The van der Waals surface area contributed by atoms with E-state index in [0.717, 1.165) is 12.5 Å². The van der Waals surface area contributed by atoms with Gasteiger partial charge in [-0.25, -0.2) is 0 Å². The van der Waals surface area contributed by atoms with E-state index in [9.17, 15) is 4.79 Å². The van der Waals surface area contributed by atoms with Crippen LogP contribution in [0.25, 0.3) is 0 Å². The van der Waals surface area contributed by atoms with E-state index in [0.29, 0.717) is 18.4 Å². The van der Waals surface area contributed by atoms with Gasteiger partial charge >= 0.3 is 0 Å². The molecule has 3 nitrogen and oxygen atoms in total. The van der Waals surface area contributed by atoms with Crippen LogP contribution in [0.4, 0.5) is 0 Å². The molecular weight excluding hydrogens is 188 g/mol. The van der Waals surface area contributed by atoms with Crippen LogP contribution in [0.15, 0.2) is 0 Å². The van der Waals surface area contributed by atoms with Gasteiger partial charge in [-0.05, 0) is 24.7 Å². The summed E-state index contributed by atoms with van der Waals surface area (Å²) in [5.41, 5.74) is 0. The number of nitrogens with one attached hydrogen (secondary N) is 1. The molecule has 0 aromatic rings. The molecule has 0 saturated heterocycles. The molecule has 1 fully saturated rings. The molecule has 1 aliphatic rings. The van der Waals surface area contributed by atoms with E-state index in [1.54, 1.807) is 4.90 Å². The lowest BCUT2D eigenvalue weighted by molar-refractivity contribution is -0.128. The Morgan fingerprint density at radius 1 is 1.40 bits per heavy atom. The molecule has 15 heavy (non-hydrogen) atoms. The van der Waals surface area contributed by atoms with E-state index in [-0.39, 0.29) is 5.91 Å². The van der Waals surface area contributed by atoms with Gasteiger partial charge in [-0.2, -0.15) is 0 Å². The third-order valence-corrected chi connectivity index (χ3v) is 3.07. The zero-order valence-corrected chi connectivity index (χ0v) is 10.4. The lowest BCUT2D eigenvalue weighted by Crippen LogP contribution is -2.38. The van der Waals surface area contributed by atoms with Crippen molar-refractivity contribution in [2.75, 3.05) is 20.6 Å². The monoisotopic (exact) mass is 212 g/mol. The molecule has 0 bridgehead atoms. The smallest absolute Gasteiger partial charge is 0.223 e. The van der Waals surface area contributed by atoms with Crippen LogP contribution in [0.2, 0.25) is 0 Å². The zero-order valence-electron chi connectivity index (χ0n) is 10.4. The summed E-state index contributed by atoms with van der Waals surface area (Å²) in [5.74, 6) is 1.74. The van der Waals surface area contributed by atoms with Gasteiger partial charge in [-0.1, -0.05) is 13.8 Å². The standard InChI is InChI=1S/C12H24N2O/c1-9(2)12(10-5-6-10)13-8-7-11(15)14(3)4/h9-10,12-13H,5-8H2,1-4H3. The summed E-state index contributed by atoms with van der Waals surface area (Å²) in [6.07, 6.45) is 3.33. The molecular formula is C12H24N2O. The van der Waals surface area contributed by atoms with Crippen LogP contribution in [0.3, 0.4) is 0 Å². The summed E-state index contributed by atoms with van der Waals surface area (Å²) in [7, 11) is 3.62. The average molecular weight is 212 g/mol. The highest BCUT2D eigenvalue weighted by Gasteiger charge is 2.32. The second-order valence-electron chi connectivity index (χ2n) is 5.10. The van der Waals surface area contributed by atoms with E-state index in [2.05, 4.69) is 19.2 Å². The van der Waals surface area contributed by atoms with Crippen LogP contribution in [0.5, 0.6) is 0 Å². The fraction of sp³-hybridized carbons (Fsp3) is 0.917. The van der Waals surface area contributed by atoms with Gasteiger partial charge in [0.25, 0.3) is 0 Å². The molecule has 1 aliphatic carbocycles. The highest BCUT2D eigenvalue weighted by molar-refractivity contribution is 5.75. The van der Waals surface area contributed by atoms with Crippen molar-refractivity contribution in [1.29, 1.82) is 0 Å². The van der Waals surface area contributed by atoms with Crippen LogP contribution in [-0.4, -0.2) is 37.5 Å². The molecule has 0 spiro atoms. The summed E-state index contributed by atoms with van der Waals surface area (Å²) in [5, 5.41) is 3.52. The molecule has 0 aromatic heterocycles. The highest BCUT2D eigenvalue weighted by atomic mass is 16.2. The Kier molecular flexibility index (Phi) is 4.58. The maximum Gasteiger partial charge on any atom is 0.223 e. The van der Waals surface area contributed by atoms with Crippen molar-refractivity contribution < 1.29 is 4.79 Å². The molecule has 1 N–H and O–H groups in total. The number of rotatable bonds is 6. The van der Waals surface area contributed by atoms with Gasteiger partial charge in [0.15, 0.2) is 0 Å². The fourth-order valence-electron chi connectivity index (χ4n) is 1.97. The molecule has 1 unspecified atom stereocenters. The van der Waals surface area contributed by atoms with Gasteiger partial charge in [0.05, 0.1) is 0 Å². The second kappa shape index (κ2) is 5.50. The van der Waals surface area contributed by atoms with Crippen LogP contribution < -0.4 is 5.32 Å². The summed E-state index contributed by atoms with van der Waals surface area (Å²) in [4.78, 5) is 13.0. The summed E-state index contributed by atoms with van der Waals surface area (Å²) >= 11 is 0. The first kappa shape index (κ1) is 12.5. The van der Waals surface area contributed by atoms with E-state index < -0.39 is 0 Å². The van der Waals surface area contributed by atoms with E-state index >= 15 is 0 Å². The van der Waals surface area contributed by atoms with Crippen molar-refractivity contribution in [3.63, 3.8) is 0 Å². The summed E-state index contributed by atoms with van der Waals surface area (Å²) in [6.45, 7) is 5.32. The highest BCUT2D eigenvalue weighted by Crippen LogP contribution is 2.35. The number of hydrogen-bond donors (Lipinski definition) is 1. The number of carbonyl (C=O) groups excluding carboxylic acids is 1. The first-order valence-electron chi connectivity index (χ1n) is 5.96. The first-order chi connectivity index (χ1) is 7.02. The Bertz CT molecular complexity index is 208. The Morgan fingerprint density at radius 2 is 2.00 bits per heavy atom. The maximum atomic E-state index is 11.4. The predicted octanol–water partition coefficient (Wildman–Crippen LogP) is 1.49. The number of carbonyl (C=O) groups is 1. The fourth-order valence-corrected chi connectivity index (χ4v) is 1.97. The quantitative estimate of drug-likeness (QED) is 0.723. The van der Waals surface area contributed by atoms with Crippen molar-refractivity contribution in [3.8, 4) is 0 Å². The molecule has 1 amide bonds. The molecule has 1 atom stereocenters. The van der Waals surface area contributed by atoms with E-state index in [4.69, 9.17) is 0 Å². The Hall–Kier alpha value is -0.570. The van der Waals surface area contributed by atoms with Crippen molar-refractivity contribution in [2.24, 2.45) is 11.8 Å². The minimum absolute atomic E-state index is 0.209. The normalized spacial score (nSPS) is 17.9. The summed E-state index contributed by atoms with van der Waals surface area (Å²) < 4.78 is 0. The number of nitrogens with zero attached hydrogens (tertiary/aromatic N) is 1. The Morgan fingerprint density at radius 3 is 2.40 bits per heavy atom.